The van der Waals surface area contributed by atoms with Crippen LogP contribution in [0.5, 0.6) is 5.75 Å². The third-order valence-electron chi connectivity index (χ3n) is 5.64. The number of amides is 1. The van der Waals surface area contributed by atoms with E-state index in [1.165, 1.54) is 6.39 Å². The van der Waals surface area contributed by atoms with E-state index in [9.17, 15) is 4.79 Å². The SMILES string of the molecule is Cc1ccc([C@@]2(NC(=O)c3ccc(-c4cnco4)cc3)CCOc3cccnc32)cc1.O=CO. The number of oxazole rings is 1. The molecule has 0 saturated heterocycles. The Morgan fingerprint density at radius 3 is 2.53 bits per heavy atom. The molecule has 172 valence electrons. The zero-order chi connectivity index (χ0) is 24.0. The summed E-state index contributed by atoms with van der Waals surface area (Å²) >= 11 is 0. The van der Waals surface area contributed by atoms with Gasteiger partial charge in [0.15, 0.2) is 12.2 Å². The predicted octanol–water partition coefficient (Wildman–Crippen LogP) is 4.20. The van der Waals surface area contributed by atoms with Gasteiger partial charge in [-0.2, -0.15) is 0 Å². The second-order valence-electron chi connectivity index (χ2n) is 7.72. The normalized spacial score (nSPS) is 16.3. The lowest BCUT2D eigenvalue weighted by Gasteiger charge is -2.39. The maximum absolute atomic E-state index is 13.4. The molecule has 4 aromatic rings. The molecule has 0 bridgehead atoms. The van der Waals surface area contributed by atoms with Crippen molar-refractivity contribution in [2.75, 3.05) is 6.61 Å². The number of rotatable bonds is 4. The molecular formula is C26H23N3O5. The maximum Gasteiger partial charge on any atom is 0.290 e. The Kier molecular flexibility index (Phi) is 6.68. The molecule has 0 unspecified atom stereocenters. The molecule has 0 fully saturated rings. The molecule has 34 heavy (non-hydrogen) atoms. The Bertz CT molecular complexity index is 1250. The van der Waals surface area contributed by atoms with Gasteiger partial charge in [-0.15, -0.1) is 0 Å². The number of benzene rings is 2. The number of aromatic nitrogens is 2. The molecule has 5 rings (SSSR count). The van der Waals surface area contributed by atoms with Gasteiger partial charge in [0.25, 0.3) is 12.4 Å². The van der Waals surface area contributed by atoms with Gasteiger partial charge in [-0.05, 0) is 36.8 Å². The van der Waals surface area contributed by atoms with Gasteiger partial charge in [0.1, 0.15) is 17.0 Å². The van der Waals surface area contributed by atoms with E-state index in [1.807, 2.05) is 55.5 Å². The van der Waals surface area contributed by atoms with Gasteiger partial charge in [0, 0.05) is 23.7 Å². The van der Waals surface area contributed by atoms with Crippen LogP contribution in [0.1, 0.15) is 33.6 Å². The molecule has 1 aliphatic heterocycles. The van der Waals surface area contributed by atoms with Crippen LogP contribution >= 0.6 is 0 Å². The molecule has 0 radical (unpaired) electrons. The minimum absolute atomic E-state index is 0.178. The second-order valence-corrected chi connectivity index (χ2v) is 7.72. The molecule has 1 atom stereocenters. The number of hydrogen-bond donors (Lipinski definition) is 2. The highest BCUT2D eigenvalue weighted by atomic mass is 16.5. The molecule has 8 nitrogen and oxygen atoms in total. The summed E-state index contributed by atoms with van der Waals surface area (Å²) in [4.78, 5) is 30.3. The Labute approximate surface area is 196 Å². The molecule has 0 saturated carbocycles. The van der Waals surface area contributed by atoms with E-state index < -0.39 is 5.54 Å². The van der Waals surface area contributed by atoms with E-state index in [0.717, 1.165) is 22.4 Å². The monoisotopic (exact) mass is 457 g/mol. The van der Waals surface area contributed by atoms with E-state index in [-0.39, 0.29) is 12.4 Å². The summed E-state index contributed by atoms with van der Waals surface area (Å²) in [7, 11) is 0. The number of ether oxygens (including phenoxy) is 1. The standard InChI is InChI=1S/C25H21N3O3.CH2O2/c1-17-4-10-20(11-5-17)25(12-14-30-21-3-2-13-27-23(21)25)28-24(29)19-8-6-18(7-9-19)22-15-26-16-31-22;2-1-3/h2-11,13,15-16H,12,14H2,1H3,(H,28,29);1H,(H,2,3)/t25-;/m0./s1. The number of hydrogen-bond acceptors (Lipinski definition) is 6. The lowest BCUT2D eigenvalue weighted by molar-refractivity contribution is -0.122. The molecule has 2 N–H and O–H groups in total. The van der Waals surface area contributed by atoms with Crippen molar-refractivity contribution >= 4 is 12.4 Å². The van der Waals surface area contributed by atoms with Gasteiger partial charge < -0.3 is 19.6 Å². The zero-order valence-corrected chi connectivity index (χ0v) is 18.5. The summed E-state index contributed by atoms with van der Waals surface area (Å²) in [5.74, 6) is 1.17. The van der Waals surface area contributed by atoms with Gasteiger partial charge in [0.2, 0.25) is 0 Å². The predicted molar refractivity (Wildman–Crippen MR) is 124 cm³/mol. The first kappa shape index (κ1) is 22.7. The van der Waals surface area contributed by atoms with Crippen LogP contribution in [0.3, 0.4) is 0 Å². The van der Waals surface area contributed by atoms with Crippen LogP contribution < -0.4 is 10.1 Å². The highest BCUT2D eigenvalue weighted by molar-refractivity contribution is 5.95. The van der Waals surface area contributed by atoms with Crippen LogP contribution in [-0.2, 0) is 10.3 Å². The third-order valence-corrected chi connectivity index (χ3v) is 5.64. The largest absolute Gasteiger partial charge is 0.491 e. The number of nitrogens with one attached hydrogen (secondary N) is 1. The van der Waals surface area contributed by atoms with Gasteiger partial charge in [-0.1, -0.05) is 42.0 Å². The molecule has 3 heterocycles. The summed E-state index contributed by atoms with van der Waals surface area (Å²) in [6.45, 7) is 2.28. The van der Waals surface area contributed by atoms with Crippen molar-refractivity contribution in [3.63, 3.8) is 0 Å². The van der Waals surface area contributed by atoms with Crippen molar-refractivity contribution in [1.29, 1.82) is 0 Å². The lowest BCUT2D eigenvalue weighted by Crippen LogP contribution is -2.50. The summed E-state index contributed by atoms with van der Waals surface area (Å²) < 4.78 is 11.2. The molecule has 1 amide bonds. The summed E-state index contributed by atoms with van der Waals surface area (Å²) in [6.07, 6.45) is 5.35. The van der Waals surface area contributed by atoms with E-state index >= 15 is 0 Å². The van der Waals surface area contributed by atoms with Crippen LogP contribution in [0, 0.1) is 6.92 Å². The van der Waals surface area contributed by atoms with Gasteiger partial charge in [0.05, 0.1) is 12.8 Å². The van der Waals surface area contributed by atoms with Crippen molar-refractivity contribution in [2.24, 2.45) is 0 Å². The molecule has 2 aromatic carbocycles. The van der Waals surface area contributed by atoms with E-state index in [2.05, 4.69) is 15.3 Å². The molecule has 8 heteroatoms. The molecule has 1 aliphatic rings. The molecule has 0 aliphatic carbocycles. The Morgan fingerprint density at radius 1 is 1.12 bits per heavy atom. The smallest absolute Gasteiger partial charge is 0.290 e. The Balaban J connectivity index is 0.000000868. The Morgan fingerprint density at radius 2 is 1.85 bits per heavy atom. The minimum Gasteiger partial charge on any atom is -0.491 e. The topological polar surface area (TPSA) is 115 Å². The van der Waals surface area contributed by atoms with Crippen LogP contribution in [0.4, 0.5) is 0 Å². The summed E-state index contributed by atoms with van der Waals surface area (Å²) in [5.41, 5.74) is 3.49. The number of carbonyl (C=O) groups is 2. The van der Waals surface area contributed by atoms with E-state index in [0.29, 0.717) is 30.1 Å². The van der Waals surface area contributed by atoms with Crippen molar-refractivity contribution in [2.45, 2.75) is 18.9 Å². The van der Waals surface area contributed by atoms with Crippen molar-refractivity contribution < 1.29 is 23.8 Å². The van der Waals surface area contributed by atoms with Gasteiger partial charge in [-0.3, -0.25) is 14.6 Å². The first-order valence-electron chi connectivity index (χ1n) is 10.6. The number of carboxylic acid groups (broad SMARTS) is 1. The number of carbonyl (C=O) groups excluding carboxylic acids is 1. The van der Waals surface area contributed by atoms with Gasteiger partial charge >= 0.3 is 0 Å². The van der Waals surface area contributed by atoms with Crippen LogP contribution in [0.2, 0.25) is 0 Å². The van der Waals surface area contributed by atoms with Gasteiger partial charge in [-0.25, -0.2) is 4.98 Å². The summed E-state index contributed by atoms with van der Waals surface area (Å²) in [6, 6.07) is 19.2. The van der Waals surface area contributed by atoms with Crippen molar-refractivity contribution in [1.82, 2.24) is 15.3 Å². The number of pyridine rings is 1. The zero-order valence-electron chi connectivity index (χ0n) is 18.5. The fraction of sp³-hybridized carbons (Fsp3) is 0.154. The number of aryl methyl sites for hydroxylation is 1. The first-order valence-corrected chi connectivity index (χ1v) is 10.6. The average Bonchev–Trinajstić information content (AvgIpc) is 3.40. The fourth-order valence-electron chi connectivity index (χ4n) is 3.98. The first-order chi connectivity index (χ1) is 16.6. The van der Waals surface area contributed by atoms with E-state index in [4.69, 9.17) is 19.1 Å². The van der Waals surface area contributed by atoms with Crippen LogP contribution in [0.15, 0.2) is 83.9 Å². The van der Waals surface area contributed by atoms with Crippen LogP contribution in [0.25, 0.3) is 11.3 Å². The van der Waals surface area contributed by atoms with Crippen LogP contribution in [-0.4, -0.2) is 34.1 Å². The lowest BCUT2D eigenvalue weighted by atomic mass is 9.81. The van der Waals surface area contributed by atoms with E-state index in [1.54, 1.807) is 24.5 Å². The average molecular weight is 457 g/mol. The quantitative estimate of drug-likeness (QED) is 0.441. The Hall–Kier alpha value is -4.46. The van der Waals surface area contributed by atoms with Crippen molar-refractivity contribution in [3.05, 3.63) is 102 Å². The number of nitrogens with zero attached hydrogens (tertiary/aromatic N) is 2. The van der Waals surface area contributed by atoms with Crippen molar-refractivity contribution in [3.8, 4) is 17.1 Å². The summed E-state index contributed by atoms with van der Waals surface area (Å²) in [5, 5.41) is 10.2. The molecule has 0 spiro atoms. The minimum atomic E-state index is -0.775. The fourth-order valence-corrected chi connectivity index (χ4v) is 3.98. The maximum atomic E-state index is 13.4. The second kappa shape index (κ2) is 9.99. The molecular weight excluding hydrogens is 434 g/mol. The number of fused-ring (bicyclic) bond motifs is 1. The highest BCUT2D eigenvalue weighted by Crippen LogP contribution is 2.40. The third kappa shape index (κ3) is 4.52. The molecule has 2 aromatic heterocycles. The highest BCUT2D eigenvalue weighted by Gasteiger charge is 2.42.